The van der Waals surface area contributed by atoms with Crippen LogP contribution in [0.3, 0.4) is 0 Å². The molecule has 0 fully saturated rings. The molecule has 7 heteroatoms. The molecule has 0 aliphatic heterocycles. The van der Waals surface area contributed by atoms with Gasteiger partial charge in [0.25, 0.3) is 0 Å². The van der Waals surface area contributed by atoms with Gasteiger partial charge in [-0.2, -0.15) is 0 Å². The summed E-state index contributed by atoms with van der Waals surface area (Å²) in [5.41, 5.74) is 0.977. The largest absolute Gasteiger partial charge is 0.480 e. The van der Waals surface area contributed by atoms with Gasteiger partial charge >= 0.3 is 5.97 Å². The Balaban J connectivity index is 1.94. The predicted molar refractivity (Wildman–Crippen MR) is 88.5 cm³/mol. The van der Waals surface area contributed by atoms with Crippen LogP contribution in [0.25, 0.3) is 0 Å². The second kappa shape index (κ2) is 13.0. The summed E-state index contributed by atoms with van der Waals surface area (Å²) >= 11 is 0. The number of benzene rings is 1. The van der Waals surface area contributed by atoms with Crippen LogP contribution >= 0.6 is 0 Å². The van der Waals surface area contributed by atoms with Crippen LogP contribution in [0.5, 0.6) is 0 Å². The Morgan fingerprint density at radius 3 is 2.22 bits per heavy atom. The first-order chi connectivity index (χ1) is 11.2. The highest BCUT2D eigenvalue weighted by atomic mass is 16.5. The van der Waals surface area contributed by atoms with Crippen molar-refractivity contribution >= 4 is 5.97 Å². The Morgan fingerprint density at radius 1 is 1.00 bits per heavy atom. The van der Waals surface area contributed by atoms with Gasteiger partial charge in [0.05, 0.1) is 19.8 Å². The average molecular weight is 325 g/mol. The molecule has 0 bridgehead atoms. The van der Waals surface area contributed by atoms with E-state index in [9.17, 15) is 9.90 Å². The molecule has 1 rings (SSSR count). The van der Waals surface area contributed by atoms with Crippen LogP contribution in [0.15, 0.2) is 30.3 Å². The van der Waals surface area contributed by atoms with Gasteiger partial charge in [-0.1, -0.05) is 30.3 Å². The Kier molecular flexibility index (Phi) is 11.0. The Hall–Kier alpha value is -1.51. The van der Waals surface area contributed by atoms with Gasteiger partial charge in [0.15, 0.2) is 0 Å². The van der Waals surface area contributed by atoms with Crippen molar-refractivity contribution in [2.75, 3.05) is 52.5 Å². The van der Waals surface area contributed by atoms with Gasteiger partial charge in [-0.15, -0.1) is 0 Å². The average Bonchev–Trinajstić information content (AvgIpc) is 2.56. The highest BCUT2D eigenvalue weighted by Crippen LogP contribution is 2.15. The third kappa shape index (κ3) is 9.98. The van der Waals surface area contributed by atoms with E-state index in [-0.39, 0.29) is 19.3 Å². The molecule has 0 amide bonds. The van der Waals surface area contributed by atoms with Crippen LogP contribution in [-0.4, -0.2) is 68.7 Å². The van der Waals surface area contributed by atoms with E-state index in [0.29, 0.717) is 19.7 Å². The fourth-order valence-corrected chi connectivity index (χ4v) is 1.99. The number of carboxylic acids is 1. The summed E-state index contributed by atoms with van der Waals surface area (Å²) in [6.07, 6.45) is -0.281. The first kappa shape index (κ1) is 19.5. The smallest absolute Gasteiger partial charge is 0.317 e. The molecule has 0 saturated heterocycles. The van der Waals surface area contributed by atoms with Gasteiger partial charge in [0, 0.05) is 32.7 Å². The third-order valence-electron chi connectivity index (χ3n) is 3.17. The molecule has 0 aliphatic rings. The zero-order chi connectivity index (χ0) is 16.8. The molecule has 0 spiro atoms. The van der Waals surface area contributed by atoms with Gasteiger partial charge in [-0.05, 0) is 5.56 Å². The lowest BCUT2D eigenvalue weighted by Crippen LogP contribution is -2.35. The zero-order valence-corrected chi connectivity index (χ0v) is 13.3. The van der Waals surface area contributed by atoms with Crippen LogP contribution in [-0.2, 0) is 9.53 Å². The Morgan fingerprint density at radius 2 is 1.61 bits per heavy atom. The third-order valence-corrected chi connectivity index (χ3v) is 3.17. The standard InChI is InChI=1S/C16H27N3O4/c20-13-15(14-4-2-1-3-5-14)23-11-10-18-7-6-17-8-9-19-12-16(21)22/h1-5,15,17-20H,6-13H2,(H,21,22). The van der Waals surface area contributed by atoms with Gasteiger partial charge < -0.3 is 30.9 Å². The van der Waals surface area contributed by atoms with Gasteiger partial charge in [-0.3, -0.25) is 4.79 Å². The first-order valence-electron chi connectivity index (χ1n) is 7.85. The zero-order valence-electron chi connectivity index (χ0n) is 13.3. The molecule has 0 aromatic heterocycles. The minimum absolute atomic E-state index is 0.00922. The molecule has 0 saturated carbocycles. The first-order valence-corrected chi connectivity index (χ1v) is 7.85. The highest BCUT2D eigenvalue weighted by molar-refractivity contribution is 5.68. The number of nitrogens with one attached hydrogen (secondary N) is 3. The number of carboxylic acid groups (broad SMARTS) is 1. The SMILES string of the molecule is O=C(O)CNCCNCCNCCOC(CO)c1ccccc1. The second-order valence-electron chi connectivity index (χ2n) is 5.02. The van der Waals surface area contributed by atoms with E-state index in [1.165, 1.54) is 0 Å². The molecular weight excluding hydrogens is 298 g/mol. The van der Waals surface area contributed by atoms with E-state index < -0.39 is 5.97 Å². The number of carbonyl (C=O) groups is 1. The molecule has 1 aromatic carbocycles. The van der Waals surface area contributed by atoms with Crippen molar-refractivity contribution in [3.63, 3.8) is 0 Å². The lowest BCUT2D eigenvalue weighted by molar-refractivity contribution is -0.135. The van der Waals surface area contributed by atoms with Crippen molar-refractivity contribution < 1.29 is 19.7 Å². The fourth-order valence-electron chi connectivity index (χ4n) is 1.99. The molecule has 1 atom stereocenters. The van der Waals surface area contributed by atoms with Crippen molar-refractivity contribution in [1.82, 2.24) is 16.0 Å². The topological polar surface area (TPSA) is 103 Å². The van der Waals surface area contributed by atoms with E-state index in [1.807, 2.05) is 30.3 Å². The number of hydrogen-bond donors (Lipinski definition) is 5. The lowest BCUT2D eigenvalue weighted by Gasteiger charge is -2.16. The van der Waals surface area contributed by atoms with Crippen LogP contribution < -0.4 is 16.0 Å². The van der Waals surface area contributed by atoms with Crippen molar-refractivity contribution in [2.24, 2.45) is 0 Å². The maximum atomic E-state index is 10.3. The summed E-state index contributed by atoms with van der Waals surface area (Å²) < 4.78 is 5.66. The van der Waals surface area contributed by atoms with Crippen LogP contribution in [0.4, 0.5) is 0 Å². The molecule has 23 heavy (non-hydrogen) atoms. The van der Waals surface area contributed by atoms with E-state index in [4.69, 9.17) is 9.84 Å². The van der Waals surface area contributed by atoms with Crippen molar-refractivity contribution in [2.45, 2.75) is 6.10 Å². The van der Waals surface area contributed by atoms with Crippen LogP contribution in [0.1, 0.15) is 11.7 Å². The normalized spacial score (nSPS) is 12.2. The van der Waals surface area contributed by atoms with Crippen LogP contribution in [0, 0.1) is 0 Å². The van der Waals surface area contributed by atoms with E-state index in [0.717, 1.165) is 25.2 Å². The van der Waals surface area contributed by atoms with Crippen molar-refractivity contribution in [1.29, 1.82) is 0 Å². The molecule has 5 N–H and O–H groups in total. The highest BCUT2D eigenvalue weighted by Gasteiger charge is 2.09. The number of ether oxygens (including phenoxy) is 1. The van der Waals surface area contributed by atoms with Gasteiger partial charge in [-0.25, -0.2) is 0 Å². The monoisotopic (exact) mass is 325 g/mol. The number of rotatable bonds is 14. The summed E-state index contributed by atoms with van der Waals surface area (Å²) in [4.78, 5) is 10.3. The predicted octanol–water partition coefficient (Wildman–Crippen LogP) is -0.410. The summed E-state index contributed by atoms with van der Waals surface area (Å²) in [5, 5.41) is 27.0. The quantitative estimate of drug-likeness (QED) is 0.296. The molecule has 0 heterocycles. The number of aliphatic hydroxyl groups is 1. The molecule has 0 radical (unpaired) electrons. The van der Waals surface area contributed by atoms with E-state index >= 15 is 0 Å². The molecule has 7 nitrogen and oxygen atoms in total. The number of hydrogen-bond acceptors (Lipinski definition) is 6. The summed E-state index contributed by atoms with van der Waals surface area (Å²) in [7, 11) is 0. The minimum Gasteiger partial charge on any atom is -0.480 e. The minimum atomic E-state index is -0.844. The molecule has 1 unspecified atom stereocenters. The summed E-state index contributed by atoms with van der Waals surface area (Å²) in [6, 6.07) is 9.67. The van der Waals surface area contributed by atoms with Crippen molar-refractivity contribution in [3.8, 4) is 0 Å². The van der Waals surface area contributed by atoms with Gasteiger partial charge in [0.2, 0.25) is 0 Å². The Labute approximate surface area is 137 Å². The molecular formula is C16H27N3O4. The maximum absolute atomic E-state index is 10.3. The molecule has 130 valence electrons. The molecule has 0 aliphatic carbocycles. The van der Waals surface area contributed by atoms with Gasteiger partial charge in [0.1, 0.15) is 6.10 Å². The van der Waals surface area contributed by atoms with E-state index in [2.05, 4.69) is 16.0 Å². The molecule has 1 aromatic rings. The second-order valence-corrected chi connectivity index (χ2v) is 5.02. The fraction of sp³-hybridized carbons (Fsp3) is 0.562. The number of aliphatic carboxylic acids is 1. The summed E-state index contributed by atoms with van der Waals surface area (Å²) in [6.45, 7) is 4.16. The summed E-state index contributed by atoms with van der Waals surface area (Å²) in [5.74, 6) is -0.844. The number of aliphatic hydroxyl groups excluding tert-OH is 1. The van der Waals surface area contributed by atoms with Crippen molar-refractivity contribution in [3.05, 3.63) is 35.9 Å². The van der Waals surface area contributed by atoms with Crippen LogP contribution in [0.2, 0.25) is 0 Å². The maximum Gasteiger partial charge on any atom is 0.317 e. The Bertz CT molecular complexity index is 417. The lowest BCUT2D eigenvalue weighted by atomic mass is 10.1. The van der Waals surface area contributed by atoms with E-state index in [1.54, 1.807) is 0 Å².